The Hall–Kier alpha value is -1.88. The van der Waals surface area contributed by atoms with Crippen LogP contribution in [0.25, 0.3) is 0 Å². The molecule has 1 aliphatic rings. The normalized spacial score (nSPS) is 18.1. The number of ether oxygens (including phenoxy) is 1. The molecule has 1 saturated heterocycles. The lowest BCUT2D eigenvalue weighted by Gasteiger charge is -2.47. The topological polar surface area (TPSA) is 21.7 Å². The SMILES string of the molecule is COC/C=C/N1CCC[C@H]1C(O[Si](C)(C)C)(c1ccccc1)c1ccccc1. The fraction of sp³-hybridized carbons (Fsp3) is 0.417. The summed E-state index contributed by atoms with van der Waals surface area (Å²) in [6, 6.07) is 21.8. The molecule has 2 aromatic carbocycles. The van der Waals surface area contributed by atoms with Gasteiger partial charge in [-0.3, -0.25) is 0 Å². The Labute approximate surface area is 171 Å². The number of hydrogen-bond acceptors (Lipinski definition) is 3. The number of nitrogens with zero attached hydrogens (tertiary/aromatic N) is 1. The fourth-order valence-electron chi connectivity index (χ4n) is 4.27. The first kappa shape index (κ1) is 20.8. The van der Waals surface area contributed by atoms with Crippen molar-refractivity contribution >= 4 is 8.32 Å². The maximum Gasteiger partial charge on any atom is 0.185 e. The standard InChI is InChI=1S/C24H33NO2Si/c1-26-20-12-19-25-18-11-17-23(25)24(27-28(2,3)4,21-13-7-5-8-14-21)22-15-9-6-10-16-22/h5-10,12-16,19,23H,11,17-18,20H2,1-4H3/b19-12+/t23-/m0/s1. The van der Waals surface area contributed by atoms with E-state index >= 15 is 0 Å². The summed E-state index contributed by atoms with van der Waals surface area (Å²) in [7, 11) is -0.134. The highest BCUT2D eigenvalue weighted by Gasteiger charge is 2.49. The molecule has 0 saturated carbocycles. The summed E-state index contributed by atoms with van der Waals surface area (Å²) in [5.41, 5.74) is 1.99. The van der Waals surface area contributed by atoms with Crippen LogP contribution in [0.4, 0.5) is 0 Å². The zero-order chi connectivity index (χ0) is 20.0. The Morgan fingerprint density at radius 1 is 1.00 bits per heavy atom. The number of likely N-dealkylation sites (tertiary alicyclic amines) is 1. The third kappa shape index (κ3) is 4.57. The molecule has 28 heavy (non-hydrogen) atoms. The summed E-state index contributed by atoms with van der Waals surface area (Å²) in [6.45, 7) is 8.53. The van der Waals surface area contributed by atoms with Gasteiger partial charge in [-0.2, -0.15) is 0 Å². The van der Waals surface area contributed by atoms with E-state index in [1.165, 1.54) is 17.5 Å². The zero-order valence-electron chi connectivity index (χ0n) is 17.6. The van der Waals surface area contributed by atoms with Gasteiger partial charge in [-0.1, -0.05) is 60.7 Å². The van der Waals surface area contributed by atoms with Crippen molar-refractivity contribution in [2.75, 3.05) is 20.3 Å². The third-order valence-electron chi connectivity index (χ3n) is 5.20. The molecule has 0 amide bonds. The Balaban J connectivity index is 2.17. The number of methoxy groups -OCH3 is 1. The van der Waals surface area contributed by atoms with Crippen LogP contribution in [0.3, 0.4) is 0 Å². The van der Waals surface area contributed by atoms with Crippen molar-refractivity contribution in [1.29, 1.82) is 0 Å². The molecular weight excluding hydrogens is 362 g/mol. The molecule has 0 aliphatic carbocycles. The van der Waals surface area contributed by atoms with Gasteiger partial charge in [0.2, 0.25) is 0 Å². The van der Waals surface area contributed by atoms with E-state index in [9.17, 15) is 0 Å². The Bertz CT molecular complexity index is 716. The van der Waals surface area contributed by atoms with Crippen molar-refractivity contribution < 1.29 is 9.16 Å². The largest absolute Gasteiger partial charge is 0.402 e. The van der Waals surface area contributed by atoms with Crippen LogP contribution >= 0.6 is 0 Å². The quantitative estimate of drug-likeness (QED) is 0.558. The van der Waals surface area contributed by atoms with Gasteiger partial charge in [0, 0.05) is 13.7 Å². The van der Waals surface area contributed by atoms with E-state index in [1.807, 2.05) is 0 Å². The van der Waals surface area contributed by atoms with Crippen molar-refractivity contribution in [1.82, 2.24) is 4.90 Å². The van der Waals surface area contributed by atoms with Gasteiger partial charge in [0.25, 0.3) is 0 Å². The maximum absolute atomic E-state index is 7.15. The molecule has 0 radical (unpaired) electrons. The molecule has 0 bridgehead atoms. The van der Waals surface area contributed by atoms with Gasteiger partial charge in [-0.15, -0.1) is 0 Å². The molecule has 1 aliphatic heterocycles. The molecule has 0 unspecified atom stereocenters. The second-order valence-electron chi connectivity index (χ2n) is 8.42. The van der Waals surface area contributed by atoms with Gasteiger partial charge in [0.05, 0.1) is 12.6 Å². The Morgan fingerprint density at radius 3 is 2.07 bits per heavy atom. The first-order valence-electron chi connectivity index (χ1n) is 10.2. The van der Waals surface area contributed by atoms with Crippen LogP contribution < -0.4 is 0 Å². The van der Waals surface area contributed by atoms with Crippen LogP contribution in [0.2, 0.25) is 19.6 Å². The average Bonchev–Trinajstić information content (AvgIpc) is 3.16. The summed E-state index contributed by atoms with van der Waals surface area (Å²) in [4.78, 5) is 2.46. The monoisotopic (exact) mass is 395 g/mol. The molecule has 3 rings (SSSR count). The molecule has 1 fully saturated rings. The minimum Gasteiger partial charge on any atom is -0.402 e. The van der Waals surface area contributed by atoms with E-state index < -0.39 is 13.9 Å². The number of hydrogen-bond donors (Lipinski definition) is 0. The molecule has 0 spiro atoms. The van der Waals surface area contributed by atoms with E-state index in [2.05, 4.69) is 97.5 Å². The third-order valence-corrected chi connectivity index (χ3v) is 6.13. The van der Waals surface area contributed by atoms with Gasteiger partial charge in [-0.05, 0) is 55.9 Å². The van der Waals surface area contributed by atoms with Crippen LogP contribution in [0.5, 0.6) is 0 Å². The zero-order valence-corrected chi connectivity index (χ0v) is 18.6. The highest BCUT2D eigenvalue weighted by Crippen LogP contribution is 2.45. The summed E-state index contributed by atoms with van der Waals surface area (Å²) in [5, 5.41) is 0. The minimum atomic E-state index is -1.87. The molecule has 1 atom stereocenters. The second-order valence-corrected chi connectivity index (χ2v) is 12.8. The second kappa shape index (κ2) is 9.08. The Morgan fingerprint density at radius 2 is 1.57 bits per heavy atom. The fourth-order valence-corrected chi connectivity index (χ4v) is 5.61. The van der Waals surface area contributed by atoms with E-state index in [0.29, 0.717) is 6.61 Å². The lowest BCUT2D eigenvalue weighted by molar-refractivity contribution is 0.0282. The molecule has 4 heteroatoms. The predicted octanol–water partition coefficient (Wildman–Crippen LogP) is 5.41. The predicted molar refractivity (Wildman–Crippen MR) is 119 cm³/mol. The minimum absolute atomic E-state index is 0.247. The van der Waals surface area contributed by atoms with Crippen molar-refractivity contribution in [2.45, 2.75) is 44.1 Å². The highest BCUT2D eigenvalue weighted by atomic mass is 28.4. The molecule has 2 aromatic rings. The van der Waals surface area contributed by atoms with Crippen LogP contribution in [-0.4, -0.2) is 39.5 Å². The number of benzene rings is 2. The van der Waals surface area contributed by atoms with Gasteiger partial charge in [-0.25, -0.2) is 0 Å². The molecule has 3 nitrogen and oxygen atoms in total. The van der Waals surface area contributed by atoms with Crippen LogP contribution in [0.15, 0.2) is 72.9 Å². The highest BCUT2D eigenvalue weighted by molar-refractivity contribution is 6.69. The van der Waals surface area contributed by atoms with E-state index in [1.54, 1.807) is 7.11 Å². The average molecular weight is 396 g/mol. The molecule has 1 heterocycles. The van der Waals surface area contributed by atoms with E-state index in [0.717, 1.165) is 13.0 Å². The Kier molecular flexibility index (Phi) is 6.76. The maximum atomic E-state index is 7.15. The number of rotatable bonds is 8. The van der Waals surface area contributed by atoms with Crippen molar-refractivity contribution in [3.63, 3.8) is 0 Å². The summed E-state index contributed by atoms with van der Waals surface area (Å²) in [6.07, 6.45) is 6.58. The first-order chi connectivity index (χ1) is 13.5. The molecule has 0 aromatic heterocycles. The summed E-state index contributed by atoms with van der Waals surface area (Å²) in [5.74, 6) is 0. The molecule has 0 N–H and O–H groups in total. The first-order valence-corrected chi connectivity index (χ1v) is 13.6. The van der Waals surface area contributed by atoms with Crippen molar-refractivity contribution in [3.8, 4) is 0 Å². The van der Waals surface area contributed by atoms with Crippen molar-refractivity contribution in [2.24, 2.45) is 0 Å². The molecule has 150 valence electrons. The lowest BCUT2D eigenvalue weighted by atomic mass is 9.79. The van der Waals surface area contributed by atoms with E-state index in [4.69, 9.17) is 9.16 Å². The van der Waals surface area contributed by atoms with Crippen molar-refractivity contribution in [3.05, 3.63) is 84.1 Å². The van der Waals surface area contributed by atoms with Crippen LogP contribution in [-0.2, 0) is 14.8 Å². The smallest absolute Gasteiger partial charge is 0.185 e. The van der Waals surface area contributed by atoms with Crippen LogP contribution in [0, 0.1) is 0 Å². The van der Waals surface area contributed by atoms with Gasteiger partial charge in [0.1, 0.15) is 5.60 Å². The van der Waals surface area contributed by atoms with Crippen LogP contribution in [0.1, 0.15) is 24.0 Å². The van der Waals surface area contributed by atoms with Gasteiger partial charge in [0.15, 0.2) is 8.32 Å². The van der Waals surface area contributed by atoms with E-state index in [-0.39, 0.29) is 6.04 Å². The summed E-state index contributed by atoms with van der Waals surface area (Å²) < 4.78 is 12.4. The molecular formula is C24H33NO2Si. The summed E-state index contributed by atoms with van der Waals surface area (Å²) >= 11 is 0. The lowest BCUT2D eigenvalue weighted by Crippen LogP contribution is -2.53. The van der Waals surface area contributed by atoms with Gasteiger partial charge >= 0.3 is 0 Å². The van der Waals surface area contributed by atoms with Gasteiger partial charge < -0.3 is 14.1 Å².